The summed E-state index contributed by atoms with van der Waals surface area (Å²) in [5.74, 6) is -0.216. The van der Waals surface area contributed by atoms with Crippen molar-refractivity contribution in [1.29, 1.82) is 0 Å². The standard InChI is InChI=1S/C20H24FN3O/c1-14-6-4-5-13-23(14)20(25)12-11-19-15(2)22-24(16(19)3)18-9-7-17(21)8-10-18/h7-12,14H,4-6,13H2,1-3H3. The third kappa shape index (κ3) is 3.65. The lowest BCUT2D eigenvalue weighted by Crippen LogP contribution is -2.41. The number of halogens is 1. The number of nitrogens with zero attached hydrogens (tertiary/aromatic N) is 3. The van der Waals surface area contributed by atoms with Gasteiger partial charge in [-0.3, -0.25) is 4.79 Å². The minimum atomic E-state index is -0.272. The van der Waals surface area contributed by atoms with E-state index in [1.807, 2.05) is 24.8 Å². The van der Waals surface area contributed by atoms with Gasteiger partial charge in [0.2, 0.25) is 5.91 Å². The maximum atomic E-state index is 13.1. The molecule has 0 bridgehead atoms. The summed E-state index contributed by atoms with van der Waals surface area (Å²) in [6.45, 7) is 6.81. The molecule has 1 saturated heterocycles. The molecule has 0 aliphatic carbocycles. The first-order valence-corrected chi connectivity index (χ1v) is 8.78. The molecule has 2 aromatic rings. The zero-order valence-corrected chi connectivity index (χ0v) is 15.0. The number of benzene rings is 1. The van der Waals surface area contributed by atoms with Crippen molar-refractivity contribution >= 4 is 12.0 Å². The Morgan fingerprint density at radius 3 is 2.64 bits per heavy atom. The van der Waals surface area contributed by atoms with Crippen LogP contribution in [0.15, 0.2) is 30.3 Å². The van der Waals surface area contributed by atoms with Crippen molar-refractivity contribution in [3.63, 3.8) is 0 Å². The predicted molar refractivity (Wildman–Crippen MR) is 97.1 cm³/mol. The second-order valence-corrected chi connectivity index (χ2v) is 6.68. The highest BCUT2D eigenvalue weighted by Gasteiger charge is 2.21. The van der Waals surface area contributed by atoms with Gasteiger partial charge in [-0.2, -0.15) is 5.10 Å². The number of carbonyl (C=O) groups excluding carboxylic acids is 1. The van der Waals surface area contributed by atoms with Crippen molar-refractivity contribution in [2.75, 3.05) is 6.54 Å². The smallest absolute Gasteiger partial charge is 0.246 e. The quantitative estimate of drug-likeness (QED) is 0.790. The molecule has 1 aliphatic rings. The highest BCUT2D eigenvalue weighted by atomic mass is 19.1. The molecule has 1 unspecified atom stereocenters. The lowest BCUT2D eigenvalue weighted by Gasteiger charge is -2.32. The number of hydrogen-bond acceptors (Lipinski definition) is 2. The first-order valence-electron chi connectivity index (χ1n) is 8.78. The van der Waals surface area contributed by atoms with Crippen molar-refractivity contribution in [1.82, 2.24) is 14.7 Å². The van der Waals surface area contributed by atoms with Crippen LogP contribution in [-0.2, 0) is 4.79 Å². The van der Waals surface area contributed by atoms with Crippen LogP contribution in [-0.4, -0.2) is 33.2 Å². The third-order valence-electron chi connectivity index (χ3n) is 4.90. The van der Waals surface area contributed by atoms with E-state index in [2.05, 4.69) is 12.0 Å². The van der Waals surface area contributed by atoms with Gasteiger partial charge < -0.3 is 4.90 Å². The van der Waals surface area contributed by atoms with Crippen molar-refractivity contribution in [3.8, 4) is 5.69 Å². The van der Waals surface area contributed by atoms with Crippen LogP contribution in [0.3, 0.4) is 0 Å². The molecule has 3 rings (SSSR count). The molecule has 1 aromatic carbocycles. The second kappa shape index (κ2) is 7.21. The number of likely N-dealkylation sites (tertiary alicyclic amines) is 1. The van der Waals surface area contributed by atoms with Gasteiger partial charge in [-0.25, -0.2) is 9.07 Å². The maximum absolute atomic E-state index is 13.1. The Balaban J connectivity index is 1.83. The minimum absolute atomic E-state index is 0.0560. The molecule has 1 atom stereocenters. The Morgan fingerprint density at radius 2 is 1.96 bits per heavy atom. The molecule has 5 heteroatoms. The highest BCUT2D eigenvalue weighted by Crippen LogP contribution is 2.21. The van der Waals surface area contributed by atoms with E-state index in [0.29, 0.717) is 6.04 Å². The Kier molecular flexibility index (Phi) is 5.02. The number of carbonyl (C=O) groups is 1. The van der Waals surface area contributed by atoms with Gasteiger partial charge in [0, 0.05) is 29.9 Å². The third-order valence-corrected chi connectivity index (χ3v) is 4.90. The van der Waals surface area contributed by atoms with Crippen LogP contribution >= 0.6 is 0 Å². The largest absolute Gasteiger partial charge is 0.336 e. The zero-order chi connectivity index (χ0) is 18.0. The average Bonchev–Trinajstić information content (AvgIpc) is 2.88. The molecular formula is C20H24FN3O. The molecule has 1 aromatic heterocycles. The van der Waals surface area contributed by atoms with Crippen molar-refractivity contribution in [3.05, 3.63) is 53.1 Å². The van der Waals surface area contributed by atoms with Crippen LogP contribution in [0.2, 0.25) is 0 Å². The first-order chi connectivity index (χ1) is 12.0. The number of rotatable bonds is 3. The summed E-state index contributed by atoms with van der Waals surface area (Å²) in [4.78, 5) is 14.4. The van der Waals surface area contributed by atoms with Gasteiger partial charge in [0.1, 0.15) is 5.82 Å². The second-order valence-electron chi connectivity index (χ2n) is 6.68. The van der Waals surface area contributed by atoms with Gasteiger partial charge in [0.05, 0.1) is 11.4 Å². The molecule has 2 heterocycles. The van der Waals surface area contributed by atoms with Gasteiger partial charge in [0.15, 0.2) is 0 Å². The van der Waals surface area contributed by atoms with E-state index < -0.39 is 0 Å². The highest BCUT2D eigenvalue weighted by molar-refractivity contribution is 5.92. The average molecular weight is 341 g/mol. The molecule has 0 saturated carbocycles. The van der Waals surface area contributed by atoms with Crippen molar-refractivity contribution in [2.45, 2.75) is 46.1 Å². The Labute approximate surface area is 148 Å². The van der Waals surface area contributed by atoms with E-state index in [1.54, 1.807) is 22.9 Å². The fraction of sp³-hybridized carbons (Fsp3) is 0.400. The summed E-state index contributed by atoms with van der Waals surface area (Å²) in [6, 6.07) is 6.53. The maximum Gasteiger partial charge on any atom is 0.246 e. The van der Waals surface area contributed by atoms with E-state index in [4.69, 9.17) is 0 Å². The summed E-state index contributed by atoms with van der Waals surface area (Å²) < 4.78 is 14.9. The van der Waals surface area contributed by atoms with Crippen molar-refractivity contribution in [2.24, 2.45) is 0 Å². The summed E-state index contributed by atoms with van der Waals surface area (Å²) in [5, 5.41) is 4.53. The molecule has 132 valence electrons. The first kappa shape index (κ1) is 17.4. The fourth-order valence-electron chi connectivity index (χ4n) is 3.41. The lowest BCUT2D eigenvalue weighted by molar-refractivity contribution is -0.129. The van der Waals surface area contributed by atoms with Crippen LogP contribution in [0.5, 0.6) is 0 Å². The van der Waals surface area contributed by atoms with Gasteiger partial charge in [-0.1, -0.05) is 0 Å². The van der Waals surface area contributed by atoms with E-state index in [9.17, 15) is 9.18 Å². The molecule has 0 radical (unpaired) electrons. The van der Waals surface area contributed by atoms with Crippen molar-refractivity contribution < 1.29 is 9.18 Å². The Hall–Kier alpha value is -2.43. The van der Waals surface area contributed by atoms with Gasteiger partial charge in [-0.05, 0) is 70.4 Å². The van der Waals surface area contributed by atoms with E-state index >= 15 is 0 Å². The van der Waals surface area contributed by atoms with Crippen LogP contribution in [0.4, 0.5) is 4.39 Å². The number of aryl methyl sites for hydroxylation is 1. The molecule has 4 nitrogen and oxygen atoms in total. The number of piperidine rings is 1. The zero-order valence-electron chi connectivity index (χ0n) is 15.0. The number of aromatic nitrogens is 2. The van der Waals surface area contributed by atoms with E-state index in [-0.39, 0.29) is 11.7 Å². The molecule has 25 heavy (non-hydrogen) atoms. The Bertz CT molecular complexity index is 792. The normalized spacial score (nSPS) is 18.1. The summed E-state index contributed by atoms with van der Waals surface area (Å²) >= 11 is 0. The molecule has 0 spiro atoms. The summed E-state index contributed by atoms with van der Waals surface area (Å²) in [5.41, 5.74) is 3.51. The predicted octanol–water partition coefficient (Wildman–Crippen LogP) is 4.04. The van der Waals surface area contributed by atoms with E-state index in [1.165, 1.54) is 18.6 Å². The molecule has 1 aliphatic heterocycles. The molecule has 1 amide bonds. The molecule has 1 fully saturated rings. The van der Waals surface area contributed by atoms with Crippen LogP contribution < -0.4 is 0 Å². The van der Waals surface area contributed by atoms with Crippen LogP contribution in [0, 0.1) is 19.7 Å². The number of amides is 1. The minimum Gasteiger partial charge on any atom is -0.336 e. The van der Waals surface area contributed by atoms with Gasteiger partial charge >= 0.3 is 0 Å². The van der Waals surface area contributed by atoms with Crippen LogP contribution in [0.1, 0.15) is 43.1 Å². The lowest BCUT2D eigenvalue weighted by atomic mass is 10.0. The van der Waals surface area contributed by atoms with Gasteiger partial charge in [-0.15, -0.1) is 0 Å². The summed E-state index contributed by atoms with van der Waals surface area (Å²) in [7, 11) is 0. The fourth-order valence-corrected chi connectivity index (χ4v) is 3.41. The van der Waals surface area contributed by atoms with Crippen LogP contribution in [0.25, 0.3) is 11.8 Å². The number of hydrogen-bond donors (Lipinski definition) is 0. The van der Waals surface area contributed by atoms with E-state index in [0.717, 1.165) is 42.0 Å². The topological polar surface area (TPSA) is 38.1 Å². The Morgan fingerprint density at radius 1 is 1.24 bits per heavy atom. The monoisotopic (exact) mass is 341 g/mol. The molecule has 0 N–H and O–H groups in total. The summed E-state index contributed by atoms with van der Waals surface area (Å²) in [6.07, 6.45) is 6.83. The molecular weight excluding hydrogens is 317 g/mol. The van der Waals surface area contributed by atoms with Gasteiger partial charge in [0.25, 0.3) is 0 Å². The SMILES string of the molecule is Cc1nn(-c2ccc(F)cc2)c(C)c1C=CC(=O)N1CCCCC1C.